The number of nitrogens with one attached hydrogen (secondary N) is 1. The van der Waals surface area contributed by atoms with Gasteiger partial charge >= 0.3 is 6.18 Å². The number of anilines is 2. The number of nitrogens with zero attached hydrogens (tertiary/aromatic N) is 3. The Hall–Kier alpha value is -1.53. The van der Waals surface area contributed by atoms with Gasteiger partial charge in [0.1, 0.15) is 5.82 Å². The van der Waals surface area contributed by atoms with Crippen molar-refractivity contribution in [2.45, 2.75) is 19.5 Å². The van der Waals surface area contributed by atoms with Crippen molar-refractivity contribution in [3.05, 3.63) is 12.3 Å². The molecule has 1 aromatic rings. The second kappa shape index (κ2) is 5.70. The van der Waals surface area contributed by atoms with Crippen molar-refractivity contribution in [3.63, 3.8) is 0 Å². The lowest BCUT2D eigenvalue weighted by atomic mass is 10.4. The Kier molecular flexibility index (Phi) is 4.53. The van der Waals surface area contributed by atoms with Gasteiger partial charge in [0.05, 0.1) is 6.42 Å². The van der Waals surface area contributed by atoms with Crippen molar-refractivity contribution in [1.82, 2.24) is 9.97 Å². The molecule has 1 N–H and O–H groups in total. The van der Waals surface area contributed by atoms with E-state index in [1.165, 1.54) is 11.1 Å². The smallest absolute Gasteiger partial charge is 0.359 e. The first-order chi connectivity index (χ1) is 7.92. The first-order valence-electron chi connectivity index (χ1n) is 5.27. The van der Waals surface area contributed by atoms with Gasteiger partial charge in [-0.1, -0.05) is 0 Å². The molecule has 1 rings (SSSR count). The lowest BCUT2D eigenvalue weighted by Crippen LogP contribution is -2.25. The lowest BCUT2D eigenvalue weighted by molar-refractivity contribution is -0.132. The predicted molar refractivity (Wildman–Crippen MR) is 60.1 cm³/mol. The van der Waals surface area contributed by atoms with Crippen LogP contribution in [0, 0.1) is 0 Å². The molecule has 17 heavy (non-hydrogen) atoms. The Bertz CT molecular complexity index is 354. The van der Waals surface area contributed by atoms with Gasteiger partial charge in [-0.15, -0.1) is 0 Å². The van der Waals surface area contributed by atoms with E-state index in [0.29, 0.717) is 18.3 Å². The van der Waals surface area contributed by atoms with Crippen LogP contribution < -0.4 is 10.2 Å². The van der Waals surface area contributed by atoms with Crippen LogP contribution in [0.5, 0.6) is 0 Å². The Morgan fingerprint density at radius 2 is 2.12 bits per heavy atom. The highest BCUT2D eigenvalue weighted by atomic mass is 19.4. The van der Waals surface area contributed by atoms with Gasteiger partial charge in [-0.3, -0.25) is 0 Å². The molecule has 0 aliphatic rings. The van der Waals surface area contributed by atoms with Crippen LogP contribution in [-0.2, 0) is 0 Å². The fraction of sp³-hybridized carbons (Fsp3) is 0.600. The number of hydrogen-bond donors (Lipinski definition) is 1. The molecule has 0 aliphatic carbocycles. The summed E-state index contributed by atoms with van der Waals surface area (Å²) in [5.74, 6) is 0.893. The zero-order valence-corrected chi connectivity index (χ0v) is 9.75. The fourth-order valence-electron chi connectivity index (χ4n) is 1.21. The second-order valence-electron chi connectivity index (χ2n) is 3.56. The quantitative estimate of drug-likeness (QED) is 0.868. The standard InChI is InChI=1S/C10H15F3N4/c1-3-14-9-15-6-4-8(16-9)17(2)7-5-10(11,12)13/h4,6H,3,5,7H2,1-2H3,(H,14,15,16). The molecule has 0 atom stereocenters. The molecule has 0 aliphatic heterocycles. The van der Waals surface area contributed by atoms with Crippen LogP contribution in [0.1, 0.15) is 13.3 Å². The van der Waals surface area contributed by atoms with E-state index in [9.17, 15) is 13.2 Å². The summed E-state index contributed by atoms with van der Waals surface area (Å²) in [7, 11) is 1.57. The second-order valence-corrected chi connectivity index (χ2v) is 3.56. The molecule has 0 aromatic carbocycles. The van der Waals surface area contributed by atoms with Crippen LogP contribution in [0.4, 0.5) is 24.9 Å². The molecule has 0 saturated carbocycles. The maximum Gasteiger partial charge on any atom is 0.390 e. The van der Waals surface area contributed by atoms with E-state index < -0.39 is 12.6 Å². The van der Waals surface area contributed by atoms with Crippen LogP contribution in [0.3, 0.4) is 0 Å². The monoisotopic (exact) mass is 248 g/mol. The molecular formula is C10H15F3N4. The summed E-state index contributed by atoms with van der Waals surface area (Å²) in [5.41, 5.74) is 0. The van der Waals surface area contributed by atoms with E-state index in [4.69, 9.17) is 0 Å². The molecular weight excluding hydrogens is 233 g/mol. The molecule has 0 spiro atoms. The highest BCUT2D eigenvalue weighted by Gasteiger charge is 2.27. The number of alkyl halides is 3. The SMILES string of the molecule is CCNc1nccc(N(C)CCC(F)(F)F)n1. The molecule has 4 nitrogen and oxygen atoms in total. The predicted octanol–water partition coefficient (Wildman–Crippen LogP) is 2.30. The minimum absolute atomic E-state index is 0.119. The average molecular weight is 248 g/mol. The Morgan fingerprint density at radius 1 is 1.41 bits per heavy atom. The molecule has 0 amide bonds. The molecule has 7 heteroatoms. The highest BCUT2D eigenvalue weighted by Crippen LogP contribution is 2.21. The highest BCUT2D eigenvalue weighted by molar-refractivity contribution is 5.41. The molecule has 0 radical (unpaired) electrons. The van der Waals surface area contributed by atoms with E-state index in [-0.39, 0.29) is 6.54 Å². The van der Waals surface area contributed by atoms with Crippen LogP contribution >= 0.6 is 0 Å². The minimum atomic E-state index is -4.15. The summed E-state index contributed by atoms with van der Waals surface area (Å²) in [5, 5.41) is 2.90. The van der Waals surface area contributed by atoms with Gasteiger partial charge in [0.2, 0.25) is 5.95 Å². The molecule has 1 aromatic heterocycles. The summed E-state index contributed by atoms with van der Waals surface area (Å²) in [6, 6.07) is 1.58. The van der Waals surface area contributed by atoms with Crippen molar-refractivity contribution in [2.24, 2.45) is 0 Å². The summed E-state index contributed by atoms with van der Waals surface area (Å²) < 4.78 is 36.2. The Balaban J connectivity index is 2.62. The topological polar surface area (TPSA) is 41.1 Å². The van der Waals surface area contributed by atoms with E-state index in [1.54, 1.807) is 13.1 Å². The van der Waals surface area contributed by atoms with Gasteiger partial charge in [-0.25, -0.2) is 4.98 Å². The molecule has 0 saturated heterocycles. The Morgan fingerprint density at radius 3 is 2.71 bits per heavy atom. The summed E-state index contributed by atoms with van der Waals surface area (Å²) in [6.45, 7) is 2.44. The average Bonchev–Trinajstić information content (AvgIpc) is 2.26. The number of hydrogen-bond acceptors (Lipinski definition) is 4. The van der Waals surface area contributed by atoms with Crippen molar-refractivity contribution >= 4 is 11.8 Å². The first kappa shape index (κ1) is 13.5. The number of rotatable bonds is 5. The summed E-state index contributed by atoms with van der Waals surface area (Å²) in [6.07, 6.45) is -3.49. The molecule has 1 heterocycles. The minimum Gasteiger partial charge on any atom is -0.359 e. The van der Waals surface area contributed by atoms with Gasteiger partial charge in [-0.2, -0.15) is 18.2 Å². The number of halogens is 3. The largest absolute Gasteiger partial charge is 0.390 e. The molecule has 0 fully saturated rings. The normalized spacial score (nSPS) is 11.4. The van der Waals surface area contributed by atoms with Crippen LogP contribution in [-0.4, -0.2) is 36.3 Å². The third kappa shape index (κ3) is 4.88. The maximum atomic E-state index is 12.1. The van der Waals surface area contributed by atoms with Crippen molar-refractivity contribution in [3.8, 4) is 0 Å². The molecule has 0 bridgehead atoms. The van der Waals surface area contributed by atoms with E-state index in [1.807, 2.05) is 6.92 Å². The molecule has 0 unspecified atom stereocenters. The van der Waals surface area contributed by atoms with Crippen LogP contribution in [0.2, 0.25) is 0 Å². The Labute approximate surface area is 97.9 Å². The first-order valence-corrected chi connectivity index (χ1v) is 5.27. The fourth-order valence-corrected chi connectivity index (χ4v) is 1.21. The maximum absolute atomic E-state index is 12.1. The number of aromatic nitrogens is 2. The zero-order chi connectivity index (χ0) is 12.9. The van der Waals surface area contributed by atoms with E-state index in [0.717, 1.165) is 0 Å². The van der Waals surface area contributed by atoms with Gasteiger partial charge < -0.3 is 10.2 Å². The third-order valence-electron chi connectivity index (χ3n) is 2.10. The summed E-state index contributed by atoms with van der Waals surface area (Å²) >= 11 is 0. The van der Waals surface area contributed by atoms with E-state index in [2.05, 4.69) is 15.3 Å². The zero-order valence-electron chi connectivity index (χ0n) is 9.75. The van der Waals surface area contributed by atoms with E-state index >= 15 is 0 Å². The van der Waals surface area contributed by atoms with Gasteiger partial charge in [0, 0.05) is 26.3 Å². The van der Waals surface area contributed by atoms with Gasteiger partial charge in [0.25, 0.3) is 0 Å². The van der Waals surface area contributed by atoms with Crippen molar-refractivity contribution in [2.75, 3.05) is 30.4 Å². The van der Waals surface area contributed by atoms with Crippen molar-refractivity contribution < 1.29 is 13.2 Å². The third-order valence-corrected chi connectivity index (χ3v) is 2.10. The van der Waals surface area contributed by atoms with Crippen LogP contribution in [0.15, 0.2) is 12.3 Å². The summed E-state index contributed by atoms with van der Waals surface area (Å²) in [4.78, 5) is 9.50. The van der Waals surface area contributed by atoms with Crippen LogP contribution in [0.25, 0.3) is 0 Å². The molecule has 96 valence electrons. The van der Waals surface area contributed by atoms with Crippen molar-refractivity contribution in [1.29, 1.82) is 0 Å². The van der Waals surface area contributed by atoms with Gasteiger partial charge in [0.15, 0.2) is 0 Å². The van der Waals surface area contributed by atoms with Gasteiger partial charge in [-0.05, 0) is 13.0 Å². The lowest BCUT2D eigenvalue weighted by Gasteiger charge is -2.19.